The fourth-order valence-electron chi connectivity index (χ4n) is 3.63. The van der Waals surface area contributed by atoms with Gasteiger partial charge in [0.15, 0.2) is 5.96 Å². The van der Waals surface area contributed by atoms with Gasteiger partial charge in [-0.05, 0) is 37.0 Å². The fourth-order valence-corrected chi connectivity index (χ4v) is 3.63. The van der Waals surface area contributed by atoms with E-state index in [0.29, 0.717) is 11.8 Å². The first kappa shape index (κ1) is 20.6. The van der Waals surface area contributed by atoms with Gasteiger partial charge in [0.25, 0.3) is 0 Å². The van der Waals surface area contributed by atoms with E-state index in [4.69, 9.17) is 0 Å². The number of carbonyl (C=O) groups excluding carboxylic acids is 1. The van der Waals surface area contributed by atoms with Crippen LogP contribution in [0.15, 0.2) is 29.3 Å². The van der Waals surface area contributed by atoms with Crippen LogP contribution in [0.4, 0.5) is 4.39 Å². The number of aliphatic imine (C=N–C) groups is 1. The van der Waals surface area contributed by atoms with Crippen LogP contribution in [0.2, 0.25) is 0 Å². The summed E-state index contributed by atoms with van der Waals surface area (Å²) >= 11 is 0. The number of nitrogens with zero attached hydrogens (tertiary/aromatic N) is 3. The van der Waals surface area contributed by atoms with Gasteiger partial charge in [-0.15, -0.1) is 0 Å². The molecule has 0 aromatic heterocycles. The molecule has 2 aliphatic rings. The predicted octanol–water partition coefficient (Wildman–Crippen LogP) is 1.48. The van der Waals surface area contributed by atoms with Crippen molar-refractivity contribution in [2.75, 3.05) is 52.9 Å². The van der Waals surface area contributed by atoms with Crippen LogP contribution >= 0.6 is 0 Å². The third-order valence-corrected chi connectivity index (χ3v) is 5.70. The van der Waals surface area contributed by atoms with Gasteiger partial charge in [0.2, 0.25) is 5.91 Å². The van der Waals surface area contributed by atoms with E-state index in [1.165, 1.54) is 18.6 Å². The Morgan fingerprint density at radius 1 is 1.11 bits per heavy atom. The van der Waals surface area contributed by atoms with E-state index in [-0.39, 0.29) is 5.82 Å². The first-order valence-electron chi connectivity index (χ1n) is 10.4. The first-order valence-corrected chi connectivity index (χ1v) is 10.4. The number of rotatable bonds is 7. The maximum Gasteiger partial charge on any atom is 0.225 e. The molecule has 28 heavy (non-hydrogen) atoms. The molecule has 1 amide bonds. The van der Waals surface area contributed by atoms with Gasteiger partial charge >= 0.3 is 0 Å². The van der Waals surface area contributed by atoms with Gasteiger partial charge in [-0.1, -0.05) is 18.6 Å². The molecule has 0 spiro atoms. The minimum atomic E-state index is -0.206. The highest BCUT2D eigenvalue weighted by molar-refractivity contribution is 5.80. The Morgan fingerprint density at radius 2 is 1.79 bits per heavy atom. The Hall–Kier alpha value is -2.15. The number of amides is 1. The molecule has 1 saturated heterocycles. The van der Waals surface area contributed by atoms with Crippen molar-refractivity contribution in [3.05, 3.63) is 35.6 Å². The van der Waals surface area contributed by atoms with Crippen molar-refractivity contribution in [2.24, 2.45) is 10.9 Å². The molecule has 0 unspecified atom stereocenters. The van der Waals surface area contributed by atoms with Crippen molar-refractivity contribution in [2.45, 2.75) is 25.7 Å². The number of carbonyl (C=O) groups is 1. The highest BCUT2D eigenvalue weighted by Crippen LogP contribution is 2.28. The van der Waals surface area contributed by atoms with Gasteiger partial charge in [0, 0.05) is 58.8 Å². The summed E-state index contributed by atoms with van der Waals surface area (Å²) in [6.45, 7) is 6.07. The molecule has 3 rings (SSSR count). The normalized spacial score (nSPS) is 18.6. The molecule has 154 valence electrons. The molecule has 1 aromatic rings. The highest BCUT2D eigenvalue weighted by atomic mass is 19.1. The number of hydrogen-bond donors (Lipinski definition) is 2. The van der Waals surface area contributed by atoms with Crippen LogP contribution in [0.25, 0.3) is 0 Å². The van der Waals surface area contributed by atoms with Crippen LogP contribution in [0, 0.1) is 11.7 Å². The van der Waals surface area contributed by atoms with Crippen molar-refractivity contribution in [1.82, 2.24) is 20.4 Å². The largest absolute Gasteiger partial charge is 0.356 e. The number of hydrogen-bond acceptors (Lipinski definition) is 3. The summed E-state index contributed by atoms with van der Waals surface area (Å²) in [5.74, 6) is 1.25. The molecule has 1 aliphatic heterocycles. The summed E-state index contributed by atoms with van der Waals surface area (Å²) in [4.78, 5) is 21.0. The van der Waals surface area contributed by atoms with Gasteiger partial charge in [-0.25, -0.2) is 4.39 Å². The van der Waals surface area contributed by atoms with Crippen molar-refractivity contribution in [3.63, 3.8) is 0 Å². The number of nitrogens with one attached hydrogen (secondary N) is 2. The van der Waals surface area contributed by atoms with E-state index in [1.54, 1.807) is 7.05 Å². The van der Waals surface area contributed by atoms with Crippen LogP contribution in [0.3, 0.4) is 0 Å². The third kappa shape index (κ3) is 5.92. The van der Waals surface area contributed by atoms with Gasteiger partial charge in [-0.3, -0.25) is 14.7 Å². The van der Waals surface area contributed by atoms with E-state index in [2.05, 4.69) is 20.5 Å². The maximum absolute atomic E-state index is 12.9. The van der Waals surface area contributed by atoms with Crippen LogP contribution in [0.5, 0.6) is 0 Å². The van der Waals surface area contributed by atoms with Gasteiger partial charge < -0.3 is 15.5 Å². The molecule has 1 saturated carbocycles. The standard InChI is InChI=1S/C21H32FN5O/c1-23-21(24-10-9-17-5-7-19(22)8-6-17)25-11-12-26-13-15-27(16-14-26)20(28)18-3-2-4-18/h5-8,18H,2-4,9-16H2,1H3,(H2,23,24,25). The molecular formula is C21H32FN5O. The molecule has 0 bridgehead atoms. The maximum atomic E-state index is 12.9. The quantitative estimate of drug-likeness (QED) is 0.548. The minimum absolute atomic E-state index is 0.206. The lowest BCUT2D eigenvalue weighted by molar-refractivity contribution is -0.139. The molecule has 7 heteroatoms. The fraction of sp³-hybridized carbons (Fsp3) is 0.619. The van der Waals surface area contributed by atoms with Crippen LogP contribution in [-0.2, 0) is 11.2 Å². The van der Waals surface area contributed by atoms with E-state index in [9.17, 15) is 9.18 Å². The number of benzene rings is 1. The second-order valence-electron chi connectivity index (χ2n) is 7.60. The Kier molecular flexibility index (Phi) is 7.65. The highest BCUT2D eigenvalue weighted by Gasteiger charge is 2.30. The monoisotopic (exact) mass is 389 g/mol. The molecular weight excluding hydrogens is 357 g/mol. The van der Waals surface area contributed by atoms with Crippen molar-refractivity contribution in [1.29, 1.82) is 0 Å². The number of piperazine rings is 1. The third-order valence-electron chi connectivity index (χ3n) is 5.70. The zero-order valence-electron chi connectivity index (χ0n) is 16.8. The Labute approximate surface area is 167 Å². The first-order chi connectivity index (χ1) is 13.7. The molecule has 6 nitrogen and oxygen atoms in total. The number of halogens is 1. The smallest absolute Gasteiger partial charge is 0.225 e. The summed E-state index contributed by atoms with van der Waals surface area (Å²) in [5, 5.41) is 6.63. The molecule has 0 atom stereocenters. The topological polar surface area (TPSA) is 60.0 Å². The zero-order chi connectivity index (χ0) is 19.8. The van der Waals surface area contributed by atoms with Crippen LogP contribution in [0.1, 0.15) is 24.8 Å². The SMILES string of the molecule is CN=C(NCCc1ccc(F)cc1)NCCN1CCN(C(=O)C2CCC2)CC1. The van der Waals surface area contributed by atoms with Gasteiger partial charge in [0.05, 0.1) is 0 Å². The van der Waals surface area contributed by atoms with Gasteiger partial charge in [0.1, 0.15) is 5.82 Å². The van der Waals surface area contributed by atoms with Crippen molar-refractivity contribution in [3.8, 4) is 0 Å². The van der Waals surface area contributed by atoms with E-state index in [0.717, 1.165) is 76.6 Å². The molecule has 2 N–H and O–H groups in total. The number of guanidine groups is 1. The summed E-state index contributed by atoms with van der Waals surface area (Å²) in [5.41, 5.74) is 1.10. The van der Waals surface area contributed by atoms with E-state index < -0.39 is 0 Å². The molecule has 0 radical (unpaired) electrons. The van der Waals surface area contributed by atoms with E-state index in [1.807, 2.05) is 17.0 Å². The predicted molar refractivity (Wildman–Crippen MR) is 110 cm³/mol. The summed E-state index contributed by atoms with van der Waals surface area (Å²) < 4.78 is 12.9. The van der Waals surface area contributed by atoms with Crippen molar-refractivity contribution < 1.29 is 9.18 Å². The Balaban J connectivity index is 1.28. The van der Waals surface area contributed by atoms with Gasteiger partial charge in [-0.2, -0.15) is 0 Å². The van der Waals surface area contributed by atoms with E-state index >= 15 is 0 Å². The lowest BCUT2D eigenvalue weighted by Crippen LogP contribution is -2.52. The Bertz CT molecular complexity index is 651. The lowest BCUT2D eigenvalue weighted by atomic mass is 9.84. The average Bonchev–Trinajstić information content (AvgIpc) is 2.67. The second kappa shape index (κ2) is 10.4. The molecule has 2 fully saturated rings. The Morgan fingerprint density at radius 3 is 2.39 bits per heavy atom. The zero-order valence-corrected chi connectivity index (χ0v) is 16.8. The summed E-state index contributed by atoms with van der Waals surface area (Å²) in [7, 11) is 1.76. The summed E-state index contributed by atoms with van der Waals surface area (Å²) in [6, 6.07) is 6.59. The lowest BCUT2D eigenvalue weighted by Gasteiger charge is -2.38. The van der Waals surface area contributed by atoms with Crippen LogP contribution in [-0.4, -0.2) is 74.5 Å². The van der Waals surface area contributed by atoms with Crippen LogP contribution < -0.4 is 10.6 Å². The second-order valence-corrected chi connectivity index (χ2v) is 7.60. The molecule has 1 aliphatic carbocycles. The minimum Gasteiger partial charge on any atom is -0.356 e. The molecule has 1 heterocycles. The molecule has 1 aromatic carbocycles. The summed E-state index contributed by atoms with van der Waals surface area (Å²) in [6.07, 6.45) is 4.19. The van der Waals surface area contributed by atoms with Crippen molar-refractivity contribution >= 4 is 11.9 Å². The average molecular weight is 390 g/mol.